The standard InChI is InChI=1S/C16H31N3/c1-8-14(9-2)11-19-13(4)15(12(3)18-19)10-17-16(5,6)7/h14,17H,8-11H2,1-7H3. The predicted molar refractivity (Wildman–Crippen MR) is 82.4 cm³/mol. The van der Waals surface area contributed by atoms with Gasteiger partial charge in [0.15, 0.2) is 0 Å². The van der Waals surface area contributed by atoms with Gasteiger partial charge in [0.25, 0.3) is 0 Å². The number of hydrogen-bond donors (Lipinski definition) is 1. The third kappa shape index (κ3) is 4.64. The van der Waals surface area contributed by atoms with Crippen LogP contribution in [-0.4, -0.2) is 15.3 Å². The van der Waals surface area contributed by atoms with E-state index in [1.165, 1.54) is 29.8 Å². The number of nitrogens with one attached hydrogen (secondary N) is 1. The molecular formula is C16H31N3. The van der Waals surface area contributed by atoms with Gasteiger partial charge in [-0.3, -0.25) is 4.68 Å². The number of rotatable bonds is 6. The highest BCUT2D eigenvalue weighted by atomic mass is 15.3. The van der Waals surface area contributed by atoms with Gasteiger partial charge in [-0.25, -0.2) is 0 Å². The summed E-state index contributed by atoms with van der Waals surface area (Å²) < 4.78 is 2.20. The molecule has 0 aliphatic carbocycles. The highest BCUT2D eigenvalue weighted by Crippen LogP contribution is 2.18. The fraction of sp³-hybridized carbons (Fsp3) is 0.812. The van der Waals surface area contributed by atoms with E-state index >= 15 is 0 Å². The molecule has 110 valence electrons. The van der Waals surface area contributed by atoms with Crippen molar-refractivity contribution in [3.8, 4) is 0 Å². The molecule has 0 aliphatic heterocycles. The smallest absolute Gasteiger partial charge is 0.0641 e. The number of hydrogen-bond acceptors (Lipinski definition) is 2. The maximum atomic E-state index is 4.72. The lowest BCUT2D eigenvalue weighted by Gasteiger charge is -2.20. The fourth-order valence-corrected chi connectivity index (χ4v) is 2.31. The molecule has 0 spiro atoms. The highest BCUT2D eigenvalue weighted by molar-refractivity contribution is 5.24. The van der Waals surface area contributed by atoms with Crippen LogP contribution in [-0.2, 0) is 13.1 Å². The van der Waals surface area contributed by atoms with Crippen molar-refractivity contribution in [1.29, 1.82) is 0 Å². The van der Waals surface area contributed by atoms with Crippen LogP contribution in [0.4, 0.5) is 0 Å². The lowest BCUT2D eigenvalue weighted by molar-refractivity contribution is 0.389. The van der Waals surface area contributed by atoms with E-state index in [1.54, 1.807) is 0 Å². The number of aromatic nitrogens is 2. The Labute approximate surface area is 118 Å². The molecule has 0 amide bonds. The Hall–Kier alpha value is -0.830. The third-order valence-electron chi connectivity index (χ3n) is 3.91. The molecular weight excluding hydrogens is 234 g/mol. The van der Waals surface area contributed by atoms with E-state index in [4.69, 9.17) is 5.10 Å². The summed E-state index contributed by atoms with van der Waals surface area (Å²) in [6.07, 6.45) is 2.45. The van der Waals surface area contributed by atoms with Gasteiger partial charge in [-0.05, 0) is 40.5 Å². The lowest BCUT2D eigenvalue weighted by atomic mass is 10.0. The van der Waals surface area contributed by atoms with Crippen LogP contribution in [0.2, 0.25) is 0 Å². The van der Waals surface area contributed by atoms with E-state index in [9.17, 15) is 0 Å². The van der Waals surface area contributed by atoms with Crippen molar-refractivity contribution < 1.29 is 0 Å². The van der Waals surface area contributed by atoms with Gasteiger partial charge in [0, 0.05) is 29.9 Å². The van der Waals surface area contributed by atoms with Gasteiger partial charge in [0.1, 0.15) is 0 Å². The van der Waals surface area contributed by atoms with Gasteiger partial charge < -0.3 is 5.32 Å². The Kier molecular flexibility index (Phi) is 5.60. The van der Waals surface area contributed by atoms with Crippen molar-refractivity contribution in [2.75, 3.05) is 0 Å². The quantitative estimate of drug-likeness (QED) is 0.847. The van der Waals surface area contributed by atoms with Crippen molar-refractivity contribution in [3.05, 3.63) is 17.0 Å². The van der Waals surface area contributed by atoms with Crippen LogP contribution in [0.15, 0.2) is 0 Å². The molecule has 19 heavy (non-hydrogen) atoms. The van der Waals surface area contributed by atoms with Crippen molar-refractivity contribution in [1.82, 2.24) is 15.1 Å². The van der Waals surface area contributed by atoms with Crippen molar-refractivity contribution >= 4 is 0 Å². The first-order valence-corrected chi connectivity index (χ1v) is 7.56. The Morgan fingerprint density at radius 2 is 1.74 bits per heavy atom. The van der Waals surface area contributed by atoms with Crippen LogP contribution in [0.3, 0.4) is 0 Å². The molecule has 1 rings (SSSR count). The summed E-state index contributed by atoms with van der Waals surface area (Å²) in [5, 5.41) is 8.28. The van der Waals surface area contributed by atoms with Crippen LogP contribution < -0.4 is 5.32 Å². The zero-order chi connectivity index (χ0) is 14.6. The average Bonchev–Trinajstić information content (AvgIpc) is 2.58. The van der Waals surface area contributed by atoms with Crippen LogP contribution >= 0.6 is 0 Å². The second-order valence-electron chi connectivity index (χ2n) is 6.62. The third-order valence-corrected chi connectivity index (χ3v) is 3.91. The maximum absolute atomic E-state index is 4.72. The highest BCUT2D eigenvalue weighted by Gasteiger charge is 2.16. The van der Waals surface area contributed by atoms with Crippen LogP contribution in [0.5, 0.6) is 0 Å². The summed E-state index contributed by atoms with van der Waals surface area (Å²) in [5.74, 6) is 0.737. The lowest BCUT2D eigenvalue weighted by Crippen LogP contribution is -2.35. The Balaban J connectivity index is 2.82. The summed E-state index contributed by atoms with van der Waals surface area (Å²) in [6, 6.07) is 0. The summed E-state index contributed by atoms with van der Waals surface area (Å²) in [4.78, 5) is 0. The molecule has 1 heterocycles. The molecule has 0 aromatic carbocycles. The Morgan fingerprint density at radius 3 is 2.21 bits per heavy atom. The average molecular weight is 265 g/mol. The van der Waals surface area contributed by atoms with E-state index in [1.807, 2.05) is 0 Å². The number of aryl methyl sites for hydroxylation is 1. The van der Waals surface area contributed by atoms with Gasteiger partial charge in [0.05, 0.1) is 5.69 Å². The van der Waals surface area contributed by atoms with Gasteiger partial charge in [-0.2, -0.15) is 5.10 Å². The molecule has 1 N–H and O–H groups in total. The zero-order valence-electron chi connectivity index (χ0n) is 13.8. The second kappa shape index (κ2) is 6.56. The van der Waals surface area contributed by atoms with Gasteiger partial charge in [-0.15, -0.1) is 0 Å². The van der Waals surface area contributed by atoms with Gasteiger partial charge in [0.2, 0.25) is 0 Å². The van der Waals surface area contributed by atoms with E-state index in [0.29, 0.717) is 0 Å². The second-order valence-corrected chi connectivity index (χ2v) is 6.62. The maximum Gasteiger partial charge on any atom is 0.0641 e. The SMILES string of the molecule is CCC(CC)Cn1nc(C)c(CNC(C)(C)C)c1C. The first kappa shape index (κ1) is 16.2. The Bertz CT molecular complexity index is 395. The van der Waals surface area contributed by atoms with E-state index in [2.05, 4.69) is 58.5 Å². The molecule has 0 fully saturated rings. The normalized spacial score (nSPS) is 12.4. The Morgan fingerprint density at radius 1 is 1.16 bits per heavy atom. The molecule has 0 radical (unpaired) electrons. The van der Waals surface area contributed by atoms with Crippen molar-refractivity contribution in [2.45, 2.75) is 79.9 Å². The minimum absolute atomic E-state index is 0.149. The zero-order valence-corrected chi connectivity index (χ0v) is 13.8. The van der Waals surface area contributed by atoms with Crippen LogP contribution in [0.1, 0.15) is 64.4 Å². The molecule has 0 aliphatic rings. The molecule has 3 nitrogen and oxygen atoms in total. The largest absolute Gasteiger partial charge is 0.308 e. The summed E-state index contributed by atoms with van der Waals surface area (Å²) in [7, 11) is 0. The minimum atomic E-state index is 0.149. The first-order valence-electron chi connectivity index (χ1n) is 7.56. The predicted octanol–water partition coefficient (Wildman–Crippen LogP) is 3.82. The van der Waals surface area contributed by atoms with Crippen molar-refractivity contribution in [2.24, 2.45) is 5.92 Å². The van der Waals surface area contributed by atoms with Crippen LogP contribution in [0.25, 0.3) is 0 Å². The molecule has 0 saturated heterocycles. The molecule has 0 bridgehead atoms. The minimum Gasteiger partial charge on any atom is -0.308 e. The molecule has 1 aromatic heterocycles. The summed E-state index contributed by atoms with van der Waals surface area (Å²) in [6.45, 7) is 17.4. The summed E-state index contributed by atoms with van der Waals surface area (Å²) in [5.41, 5.74) is 4.00. The molecule has 3 heteroatoms. The van der Waals surface area contributed by atoms with Gasteiger partial charge >= 0.3 is 0 Å². The van der Waals surface area contributed by atoms with Gasteiger partial charge in [-0.1, -0.05) is 26.7 Å². The molecule has 1 aromatic rings. The van der Waals surface area contributed by atoms with E-state index in [-0.39, 0.29) is 5.54 Å². The number of nitrogens with zero attached hydrogens (tertiary/aromatic N) is 2. The molecule has 0 unspecified atom stereocenters. The van der Waals surface area contributed by atoms with Crippen LogP contribution in [0, 0.1) is 19.8 Å². The fourth-order valence-electron chi connectivity index (χ4n) is 2.31. The monoisotopic (exact) mass is 265 g/mol. The first-order chi connectivity index (χ1) is 8.78. The van der Waals surface area contributed by atoms with Crippen molar-refractivity contribution in [3.63, 3.8) is 0 Å². The topological polar surface area (TPSA) is 29.9 Å². The van der Waals surface area contributed by atoms with E-state index in [0.717, 1.165) is 19.0 Å². The molecule has 0 saturated carbocycles. The van der Waals surface area contributed by atoms with E-state index < -0.39 is 0 Å². The summed E-state index contributed by atoms with van der Waals surface area (Å²) >= 11 is 0. The molecule has 0 atom stereocenters.